The molecule has 0 bridgehead atoms. The summed E-state index contributed by atoms with van der Waals surface area (Å²) < 4.78 is 0. The number of hydrogen-bond acceptors (Lipinski definition) is 1. The van der Waals surface area contributed by atoms with Crippen LogP contribution in [0.3, 0.4) is 0 Å². The van der Waals surface area contributed by atoms with Crippen LogP contribution in [0.5, 0.6) is 0 Å². The molecule has 1 fully saturated rings. The zero-order valence-corrected chi connectivity index (χ0v) is 11.9. The normalized spacial score (nSPS) is 17.0. The molecule has 1 saturated carbocycles. The van der Waals surface area contributed by atoms with E-state index in [1.165, 1.54) is 43.4 Å². The minimum absolute atomic E-state index is 0.827. The smallest absolute Gasteiger partial charge is 0.0403 e. The fourth-order valence-corrected chi connectivity index (χ4v) is 3.37. The monoisotopic (exact) mass is 263 g/mol. The second-order valence-electron chi connectivity index (χ2n) is 6.16. The Morgan fingerprint density at radius 3 is 2.70 bits per heavy atom. The molecule has 102 valence electrons. The van der Waals surface area contributed by atoms with E-state index in [9.17, 15) is 0 Å². The summed E-state index contributed by atoms with van der Waals surface area (Å²) >= 11 is 0. The molecule has 0 aromatic heterocycles. The van der Waals surface area contributed by atoms with E-state index < -0.39 is 0 Å². The molecule has 20 heavy (non-hydrogen) atoms. The van der Waals surface area contributed by atoms with Crippen molar-refractivity contribution in [3.8, 4) is 0 Å². The van der Waals surface area contributed by atoms with Crippen molar-refractivity contribution < 1.29 is 0 Å². The molecule has 2 aliphatic rings. The Morgan fingerprint density at radius 2 is 1.80 bits per heavy atom. The van der Waals surface area contributed by atoms with Crippen molar-refractivity contribution in [2.75, 3.05) is 5.32 Å². The third-order valence-electron chi connectivity index (χ3n) is 4.65. The average Bonchev–Trinajstić information content (AvgIpc) is 3.23. The van der Waals surface area contributed by atoms with E-state index in [-0.39, 0.29) is 0 Å². The van der Waals surface area contributed by atoms with Gasteiger partial charge in [0.1, 0.15) is 0 Å². The van der Waals surface area contributed by atoms with Gasteiger partial charge < -0.3 is 5.32 Å². The van der Waals surface area contributed by atoms with E-state index >= 15 is 0 Å². The minimum Gasteiger partial charge on any atom is -0.381 e. The summed E-state index contributed by atoms with van der Waals surface area (Å²) in [5.41, 5.74) is 7.40. The molecule has 2 aliphatic carbocycles. The summed E-state index contributed by atoms with van der Waals surface area (Å²) in [6, 6.07) is 15.8. The molecule has 1 N–H and O–H groups in total. The highest BCUT2D eigenvalue weighted by molar-refractivity contribution is 5.51. The molecule has 2 aromatic rings. The van der Waals surface area contributed by atoms with Gasteiger partial charge in [-0.25, -0.2) is 0 Å². The van der Waals surface area contributed by atoms with E-state index in [0.29, 0.717) is 0 Å². The largest absolute Gasteiger partial charge is 0.381 e. The molecular weight excluding hydrogens is 242 g/mol. The molecule has 0 spiro atoms. The van der Waals surface area contributed by atoms with Crippen molar-refractivity contribution in [2.24, 2.45) is 0 Å². The van der Waals surface area contributed by atoms with Crippen molar-refractivity contribution in [1.82, 2.24) is 0 Å². The second-order valence-corrected chi connectivity index (χ2v) is 6.16. The number of hydrogen-bond donors (Lipinski definition) is 1. The van der Waals surface area contributed by atoms with Crippen molar-refractivity contribution in [1.29, 1.82) is 0 Å². The molecular formula is C19H21N. The van der Waals surface area contributed by atoms with Crippen molar-refractivity contribution >= 4 is 5.69 Å². The molecule has 0 heterocycles. The highest BCUT2D eigenvalue weighted by Gasteiger charge is 2.25. The molecule has 0 amide bonds. The maximum Gasteiger partial charge on any atom is 0.0403 e. The predicted molar refractivity (Wildman–Crippen MR) is 84.2 cm³/mol. The van der Waals surface area contributed by atoms with Gasteiger partial charge >= 0.3 is 0 Å². The average molecular weight is 263 g/mol. The van der Waals surface area contributed by atoms with E-state index in [1.807, 2.05) is 0 Å². The van der Waals surface area contributed by atoms with Gasteiger partial charge in [-0.3, -0.25) is 0 Å². The molecule has 1 nitrogen and oxygen atoms in total. The van der Waals surface area contributed by atoms with Gasteiger partial charge in [-0.15, -0.1) is 0 Å². The van der Waals surface area contributed by atoms with E-state index in [2.05, 4.69) is 47.8 Å². The van der Waals surface area contributed by atoms with Crippen molar-refractivity contribution in [3.63, 3.8) is 0 Å². The van der Waals surface area contributed by atoms with Gasteiger partial charge in [-0.2, -0.15) is 0 Å². The molecule has 4 rings (SSSR count). The Bertz CT molecular complexity index is 625. The highest BCUT2D eigenvalue weighted by atomic mass is 14.9. The molecule has 0 radical (unpaired) electrons. The summed E-state index contributed by atoms with van der Waals surface area (Å²) in [5, 5.41) is 3.61. The van der Waals surface area contributed by atoms with Crippen LogP contribution in [0.2, 0.25) is 0 Å². The number of rotatable bonds is 4. The first kappa shape index (κ1) is 12.0. The minimum atomic E-state index is 0.827. The Balaban J connectivity index is 1.50. The summed E-state index contributed by atoms with van der Waals surface area (Å²) in [6.45, 7) is 0.950. The van der Waals surface area contributed by atoms with Gasteiger partial charge in [0.15, 0.2) is 0 Å². The zero-order valence-electron chi connectivity index (χ0n) is 11.9. The fraction of sp³-hybridized carbons (Fsp3) is 0.368. The first-order valence-electron chi connectivity index (χ1n) is 7.83. The van der Waals surface area contributed by atoms with Crippen molar-refractivity contribution in [2.45, 2.75) is 44.6 Å². The van der Waals surface area contributed by atoms with Crippen LogP contribution >= 0.6 is 0 Å². The van der Waals surface area contributed by atoms with Crippen LogP contribution in [0, 0.1) is 0 Å². The maximum atomic E-state index is 3.61. The molecule has 0 aliphatic heterocycles. The van der Waals surface area contributed by atoms with Crippen LogP contribution in [-0.2, 0) is 19.4 Å². The molecule has 0 atom stereocenters. The van der Waals surface area contributed by atoms with Gasteiger partial charge in [0.25, 0.3) is 0 Å². The first-order valence-corrected chi connectivity index (χ1v) is 7.83. The van der Waals surface area contributed by atoms with Crippen LogP contribution in [0.1, 0.15) is 47.4 Å². The van der Waals surface area contributed by atoms with Gasteiger partial charge in [0.2, 0.25) is 0 Å². The van der Waals surface area contributed by atoms with Crippen LogP contribution in [0.4, 0.5) is 5.69 Å². The third kappa shape index (κ3) is 2.33. The number of benzene rings is 2. The lowest BCUT2D eigenvalue weighted by Crippen LogP contribution is -2.02. The Hall–Kier alpha value is -1.76. The zero-order chi connectivity index (χ0) is 13.4. The molecule has 0 unspecified atom stereocenters. The fourth-order valence-electron chi connectivity index (χ4n) is 3.37. The van der Waals surface area contributed by atoms with Crippen LogP contribution in [0.25, 0.3) is 0 Å². The standard InChI is InChI=1S/C19H21N/c1-2-7-19(15-8-9-15)17(4-1)13-20-18-11-10-14-5-3-6-16(14)12-18/h1-2,4,7,10-12,15,20H,3,5-6,8-9,13H2. The van der Waals surface area contributed by atoms with E-state index in [1.54, 1.807) is 16.7 Å². The lowest BCUT2D eigenvalue weighted by Gasteiger charge is -2.12. The number of nitrogens with one attached hydrogen (secondary N) is 1. The Labute approximate surface area is 121 Å². The third-order valence-corrected chi connectivity index (χ3v) is 4.65. The summed E-state index contributed by atoms with van der Waals surface area (Å²) in [6.07, 6.45) is 6.58. The molecule has 0 saturated heterocycles. The lowest BCUT2D eigenvalue weighted by atomic mass is 10.0. The summed E-state index contributed by atoms with van der Waals surface area (Å²) in [5.74, 6) is 0.827. The SMILES string of the molecule is c1ccc(C2CC2)c(CNc2ccc3c(c2)CCC3)c1. The van der Waals surface area contributed by atoms with Crippen LogP contribution < -0.4 is 5.32 Å². The Morgan fingerprint density at radius 1 is 0.950 bits per heavy atom. The van der Waals surface area contributed by atoms with Gasteiger partial charge in [-0.05, 0) is 72.4 Å². The van der Waals surface area contributed by atoms with E-state index in [0.717, 1.165) is 12.5 Å². The highest BCUT2D eigenvalue weighted by Crippen LogP contribution is 2.41. The van der Waals surface area contributed by atoms with Crippen molar-refractivity contribution in [3.05, 3.63) is 64.7 Å². The van der Waals surface area contributed by atoms with E-state index in [4.69, 9.17) is 0 Å². The number of fused-ring (bicyclic) bond motifs is 1. The number of anilines is 1. The predicted octanol–water partition coefficient (Wildman–Crippen LogP) is 4.66. The van der Waals surface area contributed by atoms with Gasteiger partial charge in [0, 0.05) is 12.2 Å². The Kier molecular flexibility index (Phi) is 2.99. The van der Waals surface area contributed by atoms with Crippen LogP contribution in [-0.4, -0.2) is 0 Å². The van der Waals surface area contributed by atoms with Gasteiger partial charge in [0.05, 0.1) is 0 Å². The topological polar surface area (TPSA) is 12.0 Å². The molecule has 1 heteroatoms. The lowest BCUT2D eigenvalue weighted by molar-refractivity contribution is 0.912. The van der Waals surface area contributed by atoms with Gasteiger partial charge in [-0.1, -0.05) is 30.3 Å². The number of aryl methyl sites for hydroxylation is 2. The first-order chi connectivity index (χ1) is 9.90. The second kappa shape index (κ2) is 4.97. The summed E-state index contributed by atoms with van der Waals surface area (Å²) in [4.78, 5) is 0. The van der Waals surface area contributed by atoms with Crippen LogP contribution in [0.15, 0.2) is 42.5 Å². The summed E-state index contributed by atoms with van der Waals surface area (Å²) in [7, 11) is 0. The quantitative estimate of drug-likeness (QED) is 0.845. The molecule has 2 aromatic carbocycles. The maximum absolute atomic E-state index is 3.61.